The number of carbonyl (C=O) groups excluding carboxylic acids is 2. The molecule has 2 N–H and O–H groups in total. The Balaban J connectivity index is 1.57. The summed E-state index contributed by atoms with van der Waals surface area (Å²) in [5.41, 5.74) is -1.10. The van der Waals surface area contributed by atoms with Crippen LogP contribution in [0, 0.1) is 11.6 Å². The third kappa shape index (κ3) is 5.07. The van der Waals surface area contributed by atoms with E-state index in [1.54, 1.807) is 0 Å². The van der Waals surface area contributed by atoms with Gasteiger partial charge in [0.25, 0.3) is 0 Å². The van der Waals surface area contributed by atoms with E-state index in [1.807, 2.05) is 11.9 Å². The molecule has 0 spiro atoms. The van der Waals surface area contributed by atoms with Crippen molar-refractivity contribution < 1.29 is 33.0 Å². The first-order chi connectivity index (χ1) is 19.0. The van der Waals surface area contributed by atoms with Crippen LogP contribution in [0.3, 0.4) is 0 Å². The number of nitrogens with zero attached hydrogens (tertiary/aromatic N) is 4. The van der Waals surface area contributed by atoms with Crippen LogP contribution in [-0.4, -0.2) is 85.0 Å². The zero-order chi connectivity index (χ0) is 28.7. The quantitative estimate of drug-likeness (QED) is 0.475. The fourth-order valence-corrected chi connectivity index (χ4v) is 4.93. The fourth-order valence-electron chi connectivity index (χ4n) is 4.93. The molecule has 2 amide bonds. The number of aromatic carboxylic acids is 1. The van der Waals surface area contributed by atoms with Crippen LogP contribution in [0.1, 0.15) is 17.3 Å². The maximum atomic E-state index is 15.6. The maximum Gasteiger partial charge on any atom is 0.414 e. The molecule has 40 heavy (non-hydrogen) atoms. The fraction of sp³-hybridized carbons (Fsp3) is 0.333. The first-order valence-corrected chi connectivity index (χ1v) is 12.6. The molecular formula is C27H27F2N5O6. The van der Waals surface area contributed by atoms with Gasteiger partial charge in [0.2, 0.25) is 11.3 Å². The minimum Gasteiger partial charge on any atom is -0.477 e. The van der Waals surface area contributed by atoms with Crippen molar-refractivity contribution in [2.45, 2.75) is 13.0 Å². The lowest BCUT2D eigenvalue weighted by atomic mass is 10.1. The minimum atomic E-state index is -1.54. The summed E-state index contributed by atoms with van der Waals surface area (Å²) in [6, 6.07) is 6.31. The number of hydrogen-bond acceptors (Lipinski definition) is 7. The normalized spacial score (nSPS) is 17.8. The van der Waals surface area contributed by atoms with E-state index in [9.17, 15) is 24.3 Å². The largest absolute Gasteiger partial charge is 0.477 e. The summed E-state index contributed by atoms with van der Waals surface area (Å²) in [6.45, 7) is 3.98. The summed E-state index contributed by atoms with van der Waals surface area (Å²) >= 11 is 0. The van der Waals surface area contributed by atoms with Gasteiger partial charge in [-0.3, -0.25) is 14.5 Å². The van der Waals surface area contributed by atoms with Crippen molar-refractivity contribution in [2.24, 2.45) is 0 Å². The number of hydrogen-bond donors (Lipinski definition) is 2. The smallest absolute Gasteiger partial charge is 0.414 e. The molecule has 3 aromatic rings. The Bertz CT molecular complexity index is 1580. The molecule has 1 aromatic heterocycles. The van der Waals surface area contributed by atoms with Gasteiger partial charge in [-0.05, 0) is 37.4 Å². The number of aromatic nitrogens is 1. The van der Waals surface area contributed by atoms with Gasteiger partial charge < -0.3 is 29.5 Å². The Morgan fingerprint density at radius 1 is 1.05 bits per heavy atom. The van der Waals surface area contributed by atoms with E-state index in [0.717, 1.165) is 18.3 Å². The van der Waals surface area contributed by atoms with Gasteiger partial charge in [-0.2, -0.15) is 0 Å². The van der Waals surface area contributed by atoms with Crippen LogP contribution >= 0.6 is 0 Å². The van der Waals surface area contributed by atoms with Crippen LogP contribution in [0.2, 0.25) is 0 Å². The second-order valence-electron chi connectivity index (χ2n) is 9.85. The SMILES string of the molecule is CC(=O)NC[C@H]1CN(c2ccc(-n3cc(C(=O)O)c(=O)c4cc(F)c(N5CCN(C)CC5)cc43)c(F)c2)C(=O)O1. The van der Waals surface area contributed by atoms with Crippen LogP contribution in [0.5, 0.6) is 0 Å². The van der Waals surface area contributed by atoms with Crippen LogP contribution in [0.25, 0.3) is 16.6 Å². The van der Waals surface area contributed by atoms with Gasteiger partial charge in [0.15, 0.2) is 0 Å². The number of anilines is 2. The lowest BCUT2D eigenvalue weighted by Crippen LogP contribution is -2.44. The average molecular weight is 556 g/mol. The van der Waals surface area contributed by atoms with Gasteiger partial charge in [-0.25, -0.2) is 18.4 Å². The van der Waals surface area contributed by atoms with Gasteiger partial charge >= 0.3 is 12.1 Å². The van der Waals surface area contributed by atoms with E-state index in [4.69, 9.17) is 4.74 Å². The maximum absolute atomic E-state index is 15.6. The number of carboxylic acid groups (broad SMARTS) is 1. The number of ether oxygens (including phenoxy) is 1. The third-order valence-corrected chi connectivity index (χ3v) is 7.10. The number of rotatable bonds is 6. The summed E-state index contributed by atoms with van der Waals surface area (Å²) in [5.74, 6) is -3.32. The topological polar surface area (TPSA) is 124 Å². The van der Waals surface area contributed by atoms with Crippen molar-refractivity contribution in [3.05, 3.63) is 63.9 Å². The zero-order valence-corrected chi connectivity index (χ0v) is 21.8. The molecule has 2 fully saturated rings. The van der Waals surface area contributed by atoms with E-state index in [1.165, 1.54) is 34.6 Å². The number of cyclic esters (lactones) is 1. The molecule has 0 aliphatic carbocycles. The summed E-state index contributed by atoms with van der Waals surface area (Å²) in [5, 5.41) is 12.0. The molecule has 0 unspecified atom stereocenters. The highest BCUT2D eigenvalue weighted by Gasteiger charge is 2.33. The van der Waals surface area contributed by atoms with E-state index >= 15 is 8.78 Å². The zero-order valence-electron chi connectivity index (χ0n) is 21.8. The second-order valence-corrected chi connectivity index (χ2v) is 9.85. The molecule has 3 heterocycles. The van der Waals surface area contributed by atoms with Crippen molar-refractivity contribution in [3.8, 4) is 5.69 Å². The lowest BCUT2D eigenvalue weighted by molar-refractivity contribution is -0.119. The summed E-state index contributed by atoms with van der Waals surface area (Å²) < 4.78 is 37.3. The highest BCUT2D eigenvalue weighted by atomic mass is 19.1. The lowest BCUT2D eigenvalue weighted by Gasteiger charge is -2.34. The van der Waals surface area contributed by atoms with E-state index in [2.05, 4.69) is 10.2 Å². The molecule has 0 bridgehead atoms. The molecular weight excluding hydrogens is 528 g/mol. The molecule has 2 aliphatic rings. The Labute approximate surface area is 227 Å². The number of likely N-dealkylation sites (N-methyl/N-ethyl adjacent to an activating group) is 1. The van der Waals surface area contributed by atoms with Gasteiger partial charge in [-0.15, -0.1) is 0 Å². The number of nitrogens with one attached hydrogen (secondary N) is 1. The molecule has 2 saturated heterocycles. The van der Waals surface area contributed by atoms with Crippen LogP contribution < -0.4 is 20.5 Å². The highest BCUT2D eigenvalue weighted by Crippen LogP contribution is 2.30. The van der Waals surface area contributed by atoms with Gasteiger partial charge in [-0.1, -0.05) is 0 Å². The molecule has 0 saturated carbocycles. The highest BCUT2D eigenvalue weighted by molar-refractivity contribution is 5.94. The summed E-state index contributed by atoms with van der Waals surface area (Å²) in [6.07, 6.45) is -0.315. The summed E-state index contributed by atoms with van der Waals surface area (Å²) in [7, 11) is 1.95. The van der Waals surface area contributed by atoms with Gasteiger partial charge in [0, 0.05) is 44.7 Å². The van der Waals surface area contributed by atoms with Crippen LogP contribution in [0.4, 0.5) is 25.0 Å². The first kappa shape index (κ1) is 27.1. The predicted molar refractivity (Wildman–Crippen MR) is 142 cm³/mol. The van der Waals surface area contributed by atoms with Crippen molar-refractivity contribution >= 4 is 40.2 Å². The van der Waals surface area contributed by atoms with Gasteiger partial charge in [0.1, 0.15) is 23.3 Å². The summed E-state index contributed by atoms with van der Waals surface area (Å²) in [4.78, 5) is 53.5. The number of fused-ring (bicyclic) bond motifs is 1. The number of benzene rings is 2. The molecule has 11 nitrogen and oxygen atoms in total. The van der Waals surface area contributed by atoms with E-state index in [-0.39, 0.29) is 47.0 Å². The third-order valence-electron chi connectivity index (χ3n) is 7.10. The second kappa shape index (κ2) is 10.6. The van der Waals surface area contributed by atoms with Crippen molar-refractivity contribution in [1.29, 1.82) is 0 Å². The molecule has 2 aliphatic heterocycles. The molecule has 1 atom stereocenters. The Hall–Kier alpha value is -4.52. The van der Waals surface area contributed by atoms with E-state index in [0.29, 0.717) is 26.2 Å². The van der Waals surface area contributed by atoms with Crippen molar-refractivity contribution in [3.63, 3.8) is 0 Å². The molecule has 13 heteroatoms. The van der Waals surface area contributed by atoms with Crippen molar-refractivity contribution in [2.75, 3.05) is 56.1 Å². The first-order valence-electron chi connectivity index (χ1n) is 12.6. The average Bonchev–Trinajstić information content (AvgIpc) is 3.28. The van der Waals surface area contributed by atoms with Crippen LogP contribution in [0.15, 0.2) is 41.3 Å². The predicted octanol–water partition coefficient (Wildman–Crippen LogP) is 2.18. The van der Waals surface area contributed by atoms with Gasteiger partial charge in [0.05, 0.1) is 35.7 Å². The number of carbonyl (C=O) groups is 3. The Kier molecular flexibility index (Phi) is 7.15. The molecule has 0 radical (unpaired) electrons. The minimum absolute atomic E-state index is 0.0790. The molecule has 2 aromatic carbocycles. The molecule has 210 valence electrons. The number of carboxylic acids is 1. The number of pyridine rings is 1. The van der Waals surface area contributed by atoms with Crippen LogP contribution in [-0.2, 0) is 9.53 Å². The van der Waals surface area contributed by atoms with E-state index < -0.39 is 40.8 Å². The molecule has 5 rings (SSSR count). The number of amides is 2. The number of halogens is 2. The monoisotopic (exact) mass is 555 g/mol. The number of piperazine rings is 1. The Morgan fingerprint density at radius 3 is 2.40 bits per heavy atom. The van der Waals surface area contributed by atoms with Crippen molar-refractivity contribution in [1.82, 2.24) is 14.8 Å². The Morgan fingerprint density at radius 2 is 1.75 bits per heavy atom. The standard InChI is InChI=1S/C27H27F2N5O6/c1-15(35)30-12-17-13-33(27(39)40-17)16-3-4-22(20(28)9-16)34-14-19(26(37)38)25(36)18-10-21(29)24(11-23(18)34)32-7-5-31(2)6-8-32/h3-4,9-11,14,17H,5-8,12-13H2,1-2H3,(H,30,35)(H,37,38)/t17-/m0/s1.